The number of nitro benzene ring substituents is 1. The van der Waals surface area contributed by atoms with E-state index >= 15 is 0 Å². The van der Waals surface area contributed by atoms with Crippen LogP contribution >= 0.6 is 0 Å². The maximum Gasteiger partial charge on any atom is 0.269 e. The molecular formula is C18H16N2O2. The number of nitrogens with zero attached hydrogens (tertiary/aromatic N) is 1. The van der Waals surface area contributed by atoms with Crippen LogP contribution in [0.25, 0.3) is 0 Å². The molecule has 2 unspecified atom stereocenters. The molecule has 3 atom stereocenters. The number of rotatable bonds is 2. The average molecular weight is 292 g/mol. The molecule has 2 aromatic rings. The molecular weight excluding hydrogens is 276 g/mol. The molecule has 4 nitrogen and oxygen atoms in total. The van der Waals surface area contributed by atoms with Crippen LogP contribution in [0.4, 0.5) is 11.4 Å². The Kier molecular flexibility index (Phi) is 2.96. The SMILES string of the molecule is O=[N+]([O-])c1ccc2c(c1)C1C=CCC1[C@@H](c1ccccc1)N2. The van der Waals surface area contributed by atoms with Gasteiger partial charge in [-0.15, -0.1) is 0 Å². The van der Waals surface area contributed by atoms with E-state index < -0.39 is 0 Å². The molecule has 0 aromatic heterocycles. The van der Waals surface area contributed by atoms with Gasteiger partial charge in [0, 0.05) is 23.7 Å². The topological polar surface area (TPSA) is 55.2 Å². The van der Waals surface area contributed by atoms with Gasteiger partial charge in [-0.1, -0.05) is 42.5 Å². The smallest absolute Gasteiger partial charge is 0.269 e. The Balaban J connectivity index is 1.79. The van der Waals surface area contributed by atoms with Crippen LogP contribution in [0.2, 0.25) is 0 Å². The highest BCUT2D eigenvalue weighted by molar-refractivity contribution is 5.62. The minimum atomic E-state index is -0.322. The van der Waals surface area contributed by atoms with E-state index in [0.717, 1.165) is 17.7 Å². The molecule has 0 saturated heterocycles. The lowest BCUT2D eigenvalue weighted by atomic mass is 9.77. The minimum absolute atomic E-state index is 0.165. The molecule has 0 amide bonds. The maximum atomic E-state index is 11.0. The van der Waals surface area contributed by atoms with Gasteiger partial charge in [-0.05, 0) is 29.5 Å². The molecule has 0 radical (unpaired) electrons. The van der Waals surface area contributed by atoms with Crippen LogP contribution in [0.3, 0.4) is 0 Å². The van der Waals surface area contributed by atoms with Gasteiger partial charge in [-0.3, -0.25) is 10.1 Å². The Morgan fingerprint density at radius 3 is 2.73 bits per heavy atom. The van der Waals surface area contributed by atoms with E-state index in [2.05, 4.69) is 41.7 Å². The second-order valence-corrected chi connectivity index (χ2v) is 5.91. The van der Waals surface area contributed by atoms with E-state index in [1.54, 1.807) is 12.1 Å². The van der Waals surface area contributed by atoms with Gasteiger partial charge >= 0.3 is 0 Å². The van der Waals surface area contributed by atoms with Crippen molar-refractivity contribution in [2.75, 3.05) is 5.32 Å². The Hall–Kier alpha value is -2.62. The molecule has 22 heavy (non-hydrogen) atoms. The Labute approximate surface area is 128 Å². The van der Waals surface area contributed by atoms with Crippen molar-refractivity contribution in [1.82, 2.24) is 0 Å². The molecule has 0 saturated carbocycles. The number of nitrogens with one attached hydrogen (secondary N) is 1. The summed E-state index contributed by atoms with van der Waals surface area (Å²) in [6, 6.07) is 15.8. The van der Waals surface area contributed by atoms with Crippen LogP contribution in [0.15, 0.2) is 60.7 Å². The van der Waals surface area contributed by atoms with E-state index in [1.807, 2.05) is 12.1 Å². The van der Waals surface area contributed by atoms with Gasteiger partial charge in [0.1, 0.15) is 0 Å². The van der Waals surface area contributed by atoms with Gasteiger partial charge in [0.25, 0.3) is 5.69 Å². The lowest BCUT2D eigenvalue weighted by Gasteiger charge is -2.37. The lowest BCUT2D eigenvalue weighted by Crippen LogP contribution is -2.29. The largest absolute Gasteiger partial charge is 0.378 e. The summed E-state index contributed by atoms with van der Waals surface area (Å²) in [4.78, 5) is 10.7. The first-order chi connectivity index (χ1) is 10.7. The van der Waals surface area contributed by atoms with Crippen molar-refractivity contribution in [2.24, 2.45) is 5.92 Å². The predicted octanol–water partition coefficient (Wildman–Crippen LogP) is 4.42. The van der Waals surface area contributed by atoms with E-state index in [-0.39, 0.29) is 22.6 Å². The molecule has 2 aliphatic rings. The van der Waals surface area contributed by atoms with Crippen molar-refractivity contribution in [1.29, 1.82) is 0 Å². The number of anilines is 1. The lowest BCUT2D eigenvalue weighted by molar-refractivity contribution is -0.384. The third-order valence-corrected chi connectivity index (χ3v) is 4.72. The summed E-state index contributed by atoms with van der Waals surface area (Å²) in [7, 11) is 0. The second kappa shape index (κ2) is 4.98. The first-order valence-corrected chi connectivity index (χ1v) is 7.50. The standard InChI is InChI=1S/C18H16N2O2/c21-20(22)13-9-10-17-16(11-13)14-7-4-8-15(14)18(19-17)12-5-2-1-3-6-12/h1-7,9-11,14-15,18-19H,8H2/t14?,15?,18-/m1/s1. The number of non-ortho nitro benzene ring substituents is 1. The fraction of sp³-hybridized carbons (Fsp3) is 0.222. The predicted molar refractivity (Wildman–Crippen MR) is 85.9 cm³/mol. The zero-order valence-corrected chi connectivity index (χ0v) is 12.0. The van der Waals surface area contributed by atoms with Gasteiger partial charge in [0.05, 0.1) is 11.0 Å². The van der Waals surface area contributed by atoms with Gasteiger partial charge < -0.3 is 5.32 Å². The molecule has 0 fully saturated rings. The fourth-order valence-electron chi connectivity index (χ4n) is 3.69. The zero-order valence-electron chi connectivity index (χ0n) is 12.0. The van der Waals surface area contributed by atoms with Gasteiger partial charge in [-0.25, -0.2) is 0 Å². The second-order valence-electron chi connectivity index (χ2n) is 5.91. The summed E-state index contributed by atoms with van der Waals surface area (Å²) in [5.41, 5.74) is 3.48. The van der Waals surface area contributed by atoms with Crippen molar-refractivity contribution in [3.63, 3.8) is 0 Å². The van der Waals surface area contributed by atoms with E-state index in [9.17, 15) is 10.1 Å². The molecule has 1 heterocycles. The Bertz CT molecular complexity index is 755. The summed E-state index contributed by atoms with van der Waals surface area (Å²) >= 11 is 0. The Morgan fingerprint density at radius 2 is 1.95 bits per heavy atom. The highest BCUT2D eigenvalue weighted by Crippen LogP contribution is 2.50. The monoisotopic (exact) mass is 292 g/mol. The molecule has 4 rings (SSSR count). The molecule has 1 aliphatic heterocycles. The summed E-state index contributed by atoms with van der Waals surface area (Å²) in [5, 5.41) is 14.6. The molecule has 0 bridgehead atoms. The summed E-state index contributed by atoms with van der Waals surface area (Å²) < 4.78 is 0. The number of fused-ring (bicyclic) bond motifs is 3. The number of benzene rings is 2. The van der Waals surface area contributed by atoms with Crippen LogP contribution in [-0.4, -0.2) is 4.92 Å². The molecule has 2 aromatic carbocycles. The first-order valence-electron chi connectivity index (χ1n) is 7.50. The third kappa shape index (κ3) is 1.99. The van der Waals surface area contributed by atoms with Crippen molar-refractivity contribution in [2.45, 2.75) is 18.4 Å². The molecule has 0 spiro atoms. The first kappa shape index (κ1) is 13.1. The Morgan fingerprint density at radius 1 is 1.14 bits per heavy atom. The highest BCUT2D eigenvalue weighted by Gasteiger charge is 2.38. The van der Waals surface area contributed by atoms with E-state index in [1.165, 1.54) is 5.56 Å². The quantitative estimate of drug-likeness (QED) is 0.506. The number of allylic oxidation sites excluding steroid dienone is 2. The summed E-state index contributed by atoms with van der Waals surface area (Å²) in [5.74, 6) is 0.665. The normalized spacial score (nSPS) is 25.2. The van der Waals surface area contributed by atoms with Gasteiger partial charge in [-0.2, -0.15) is 0 Å². The highest BCUT2D eigenvalue weighted by atomic mass is 16.6. The van der Waals surface area contributed by atoms with Crippen LogP contribution in [-0.2, 0) is 0 Å². The molecule has 110 valence electrons. The number of hydrogen-bond donors (Lipinski definition) is 1. The number of hydrogen-bond acceptors (Lipinski definition) is 3. The van der Waals surface area contributed by atoms with Crippen molar-refractivity contribution in [3.05, 3.63) is 81.9 Å². The van der Waals surface area contributed by atoms with Crippen LogP contribution < -0.4 is 5.32 Å². The third-order valence-electron chi connectivity index (χ3n) is 4.72. The molecule has 1 aliphatic carbocycles. The van der Waals surface area contributed by atoms with Crippen LogP contribution in [0.5, 0.6) is 0 Å². The van der Waals surface area contributed by atoms with Crippen LogP contribution in [0.1, 0.15) is 29.5 Å². The summed E-state index contributed by atoms with van der Waals surface area (Å²) in [6.07, 6.45) is 5.39. The van der Waals surface area contributed by atoms with Gasteiger partial charge in [0.15, 0.2) is 0 Å². The zero-order chi connectivity index (χ0) is 15.1. The van der Waals surface area contributed by atoms with Crippen molar-refractivity contribution in [3.8, 4) is 0 Å². The minimum Gasteiger partial charge on any atom is -0.378 e. The van der Waals surface area contributed by atoms with Gasteiger partial charge in [0.2, 0.25) is 0 Å². The number of nitro groups is 1. The molecule has 1 N–H and O–H groups in total. The van der Waals surface area contributed by atoms with Crippen molar-refractivity contribution < 1.29 is 4.92 Å². The van der Waals surface area contributed by atoms with E-state index in [4.69, 9.17) is 0 Å². The average Bonchev–Trinajstić information content (AvgIpc) is 3.04. The maximum absolute atomic E-state index is 11.0. The molecule has 4 heteroatoms. The van der Waals surface area contributed by atoms with Crippen molar-refractivity contribution >= 4 is 11.4 Å². The fourth-order valence-corrected chi connectivity index (χ4v) is 3.69. The van der Waals surface area contributed by atoms with Crippen LogP contribution in [0, 0.1) is 16.0 Å². The summed E-state index contributed by atoms with van der Waals surface area (Å²) in [6.45, 7) is 0. The van der Waals surface area contributed by atoms with E-state index in [0.29, 0.717) is 5.92 Å².